The normalized spacial score (nSPS) is 17.7. The molecule has 4 aromatic rings. The second-order valence-corrected chi connectivity index (χ2v) is 11.4. The zero-order valence-corrected chi connectivity index (χ0v) is 20.8. The summed E-state index contributed by atoms with van der Waals surface area (Å²) in [7, 11) is -3.91. The molecule has 1 atom stereocenters. The van der Waals surface area contributed by atoms with Crippen LogP contribution in [0.3, 0.4) is 0 Å². The Morgan fingerprint density at radius 3 is 2.74 bits per heavy atom. The number of carbonyl (C=O) groups is 1. The highest BCUT2D eigenvalue weighted by atomic mass is 35.5. The molecule has 0 spiro atoms. The largest absolute Gasteiger partial charge is 0.383 e. The maximum absolute atomic E-state index is 13.5. The van der Waals surface area contributed by atoms with Gasteiger partial charge in [0.05, 0.1) is 12.1 Å². The van der Waals surface area contributed by atoms with E-state index in [0.29, 0.717) is 28.4 Å². The maximum Gasteiger partial charge on any atom is 0.259 e. The molecular weight excluding hydrogens is 488 g/mol. The number of aromatic amines is 1. The van der Waals surface area contributed by atoms with E-state index in [0.717, 1.165) is 16.3 Å². The molecule has 3 N–H and O–H groups in total. The van der Waals surface area contributed by atoms with Gasteiger partial charge in [0.15, 0.2) is 0 Å². The lowest BCUT2D eigenvalue weighted by Crippen LogP contribution is -2.59. The molecule has 0 saturated carbocycles. The molecule has 35 heavy (non-hydrogen) atoms. The zero-order chi connectivity index (χ0) is 24.9. The highest BCUT2D eigenvalue weighted by Crippen LogP contribution is 2.29. The molecule has 1 unspecified atom stereocenters. The van der Waals surface area contributed by atoms with Gasteiger partial charge in [0, 0.05) is 40.4 Å². The fourth-order valence-electron chi connectivity index (χ4n) is 4.53. The summed E-state index contributed by atoms with van der Waals surface area (Å²) >= 11 is 6.04. The third kappa shape index (κ3) is 4.33. The minimum atomic E-state index is -3.91. The first-order valence-electron chi connectivity index (χ1n) is 11.2. The van der Waals surface area contributed by atoms with E-state index in [1.807, 2.05) is 32.0 Å². The lowest BCUT2D eigenvalue weighted by Gasteiger charge is -2.42. The first-order chi connectivity index (χ1) is 16.6. The molecule has 11 heteroatoms. The number of aromatic nitrogens is 3. The molecule has 9 nitrogen and oxygen atoms in total. The van der Waals surface area contributed by atoms with Gasteiger partial charge >= 0.3 is 0 Å². The Bertz CT molecular complexity index is 1550. The molecule has 1 aliphatic rings. The molecule has 0 radical (unpaired) electrons. The SMILES string of the molecule is CC(C)C1CN(S(=O)(=O)c2cc3ccc(Cl)cc3[nH]2)CC(=O)N1Cc1ccc2c(N)ncnc2c1. The number of nitrogens with one attached hydrogen (secondary N) is 1. The van der Waals surface area contributed by atoms with Crippen LogP contribution >= 0.6 is 11.6 Å². The summed E-state index contributed by atoms with van der Waals surface area (Å²) in [5.74, 6) is 0.188. The first-order valence-corrected chi connectivity index (χ1v) is 13.0. The second-order valence-electron chi connectivity index (χ2n) is 9.11. The van der Waals surface area contributed by atoms with Crippen molar-refractivity contribution in [1.82, 2.24) is 24.2 Å². The van der Waals surface area contributed by atoms with Gasteiger partial charge in [-0.05, 0) is 41.8 Å². The van der Waals surface area contributed by atoms with Crippen LogP contribution in [-0.2, 0) is 21.4 Å². The number of carbonyl (C=O) groups excluding carboxylic acids is 1. The number of hydrogen-bond donors (Lipinski definition) is 2. The van der Waals surface area contributed by atoms with Crippen molar-refractivity contribution >= 4 is 55.2 Å². The number of benzene rings is 2. The number of nitrogen functional groups attached to an aromatic ring is 1. The van der Waals surface area contributed by atoms with Gasteiger partial charge in [-0.3, -0.25) is 4.79 Å². The highest BCUT2D eigenvalue weighted by molar-refractivity contribution is 7.89. The Morgan fingerprint density at radius 1 is 1.17 bits per heavy atom. The molecule has 2 aromatic heterocycles. The van der Waals surface area contributed by atoms with Crippen molar-refractivity contribution < 1.29 is 13.2 Å². The number of rotatable bonds is 5. The number of fused-ring (bicyclic) bond motifs is 2. The van der Waals surface area contributed by atoms with Crippen LogP contribution < -0.4 is 5.73 Å². The van der Waals surface area contributed by atoms with E-state index in [1.165, 1.54) is 10.6 Å². The Kier molecular flexibility index (Phi) is 5.90. The van der Waals surface area contributed by atoms with Crippen LogP contribution in [0.5, 0.6) is 0 Å². The second kappa shape index (κ2) is 8.78. The van der Waals surface area contributed by atoms with Crippen molar-refractivity contribution in [1.29, 1.82) is 0 Å². The molecule has 5 rings (SSSR count). The molecule has 1 fully saturated rings. The third-order valence-electron chi connectivity index (χ3n) is 6.45. The first kappa shape index (κ1) is 23.5. The van der Waals surface area contributed by atoms with Crippen LogP contribution in [0.15, 0.2) is 53.8 Å². The lowest BCUT2D eigenvalue weighted by atomic mass is 9.99. The van der Waals surface area contributed by atoms with E-state index in [2.05, 4.69) is 15.0 Å². The van der Waals surface area contributed by atoms with Crippen molar-refractivity contribution in [3.63, 3.8) is 0 Å². The minimum absolute atomic E-state index is 0.0388. The van der Waals surface area contributed by atoms with E-state index >= 15 is 0 Å². The Morgan fingerprint density at radius 2 is 1.97 bits per heavy atom. The summed E-state index contributed by atoms with van der Waals surface area (Å²) < 4.78 is 28.2. The minimum Gasteiger partial charge on any atom is -0.383 e. The number of hydrogen-bond acceptors (Lipinski definition) is 6. The Balaban J connectivity index is 1.42. The van der Waals surface area contributed by atoms with Crippen molar-refractivity contribution in [2.75, 3.05) is 18.8 Å². The third-order valence-corrected chi connectivity index (χ3v) is 8.42. The standard InChI is InChI=1S/C24H25ClN6O3S/c1-14(2)21-11-30(35(33,34)22-8-16-4-5-17(25)9-19(16)29-22)12-23(32)31(21)10-15-3-6-18-20(7-15)27-13-28-24(18)26/h3-9,13-14,21,29H,10-12H2,1-2H3,(H2,26,27,28). The number of piperazine rings is 1. The van der Waals surface area contributed by atoms with E-state index < -0.39 is 10.0 Å². The number of anilines is 1. The van der Waals surface area contributed by atoms with Crippen molar-refractivity contribution in [2.24, 2.45) is 5.92 Å². The van der Waals surface area contributed by atoms with Crippen LogP contribution in [-0.4, -0.2) is 57.6 Å². The summed E-state index contributed by atoms with van der Waals surface area (Å²) in [4.78, 5) is 26.3. The number of nitrogens with two attached hydrogens (primary N) is 1. The number of sulfonamides is 1. The molecular formula is C24H25ClN6O3S. The van der Waals surface area contributed by atoms with Gasteiger partial charge in [-0.1, -0.05) is 37.6 Å². The van der Waals surface area contributed by atoms with E-state index in [9.17, 15) is 13.2 Å². The van der Waals surface area contributed by atoms with Gasteiger partial charge in [-0.25, -0.2) is 18.4 Å². The number of H-pyrrole nitrogens is 1. The van der Waals surface area contributed by atoms with E-state index in [1.54, 1.807) is 29.2 Å². The van der Waals surface area contributed by atoms with Gasteiger partial charge in [0.25, 0.3) is 10.0 Å². The van der Waals surface area contributed by atoms with Gasteiger partial charge in [0.2, 0.25) is 5.91 Å². The summed E-state index contributed by atoms with van der Waals surface area (Å²) in [5, 5.41) is 2.04. The fourth-order valence-corrected chi connectivity index (χ4v) is 6.12. The summed E-state index contributed by atoms with van der Waals surface area (Å²) in [6.45, 7) is 4.29. The smallest absolute Gasteiger partial charge is 0.259 e. The average Bonchev–Trinajstić information content (AvgIpc) is 3.24. The monoisotopic (exact) mass is 512 g/mol. The van der Waals surface area contributed by atoms with Crippen LogP contribution in [0.1, 0.15) is 19.4 Å². The van der Waals surface area contributed by atoms with Crippen LogP contribution in [0, 0.1) is 5.92 Å². The number of halogens is 1. The van der Waals surface area contributed by atoms with Crippen molar-refractivity contribution in [2.45, 2.75) is 31.5 Å². The highest BCUT2D eigenvalue weighted by Gasteiger charge is 2.40. The van der Waals surface area contributed by atoms with Gasteiger partial charge in [0.1, 0.15) is 17.2 Å². The van der Waals surface area contributed by atoms with Crippen LogP contribution in [0.25, 0.3) is 21.8 Å². The molecule has 2 aromatic carbocycles. The molecule has 0 aliphatic carbocycles. The maximum atomic E-state index is 13.5. The summed E-state index contributed by atoms with van der Waals surface area (Å²) in [6, 6.07) is 12.0. The molecule has 0 bridgehead atoms. The summed E-state index contributed by atoms with van der Waals surface area (Å²) in [5.41, 5.74) is 8.14. The fraction of sp³-hybridized carbons (Fsp3) is 0.292. The quantitative estimate of drug-likeness (QED) is 0.422. The predicted molar refractivity (Wildman–Crippen MR) is 135 cm³/mol. The Labute approximate surface area is 207 Å². The molecule has 1 amide bonds. The molecule has 1 aliphatic heterocycles. The molecule has 3 heterocycles. The van der Waals surface area contributed by atoms with Crippen molar-refractivity contribution in [3.8, 4) is 0 Å². The van der Waals surface area contributed by atoms with Gasteiger partial charge in [-0.2, -0.15) is 4.31 Å². The molecule has 182 valence electrons. The van der Waals surface area contributed by atoms with E-state index in [-0.39, 0.29) is 36.0 Å². The zero-order valence-electron chi connectivity index (χ0n) is 19.3. The molecule has 1 saturated heterocycles. The number of nitrogens with zero attached hydrogens (tertiary/aromatic N) is 4. The van der Waals surface area contributed by atoms with Crippen LogP contribution in [0.2, 0.25) is 5.02 Å². The predicted octanol–water partition coefficient (Wildman–Crippen LogP) is 3.40. The number of amides is 1. The Hall–Kier alpha value is -3.21. The average molecular weight is 513 g/mol. The van der Waals surface area contributed by atoms with Crippen LogP contribution in [0.4, 0.5) is 5.82 Å². The topological polar surface area (TPSA) is 125 Å². The lowest BCUT2D eigenvalue weighted by molar-refractivity contribution is -0.139. The van der Waals surface area contributed by atoms with Gasteiger partial charge < -0.3 is 15.6 Å². The van der Waals surface area contributed by atoms with E-state index in [4.69, 9.17) is 17.3 Å². The summed E-state index contributed by atoms with van der Waals surface area (Å²) in [6.07, 6.45) is 1.41. The van der Waals surface area contributed by atoms with Crippen molar-refractivity contribution in [3.05, 3.63) is 59.4 Å². The van der Waals surface area contributed by atoms with Gasteiger partial charge in [-0.15, -0.1) is 0 Å².